The smallest absolute Gasteiger partial charge is 0.397 e. The first-order valence-corrected chi connectivity index (χ1v) is 6.21. The van der Waals surface area contributed by atoms with Gasteiger partial charge < -0.3 is 10.6 Å². The molecule has 0 bridgehead atoms. The number of nitrogen functional groups attached to an aromatic ring is 1. The van der Waals surface area contributed by atoms with Crippen molar-refractivity contribution >= 4 is 17.1 Å². The molecule has 2 N–H and O–H groups in total. The van der Waals surface area contributed by atoms with Gasteiger partial charge in [0.15, 0.2) is 0 Å². The normalized spacial score (nSPS) is 16.2. The Bertz CT molecular complexity index is 525. The summed E-state index contributed by atoms with van der Waals surface area (Å²) in [6, 6.07) is 1.32. The Kier molecular flexibility index (Phi) is 3.74. The molecule has 1 saturated heterocycles. The maximum absolute atomic E-state index is 12.7. The minimum atomic E-state index is -4.65. The molecule has 1 aromatic rings. The molecule has 0 unspecified atom stereocenters. The van der Waals surface area contributed by atoms with Crippen molar-refractivity contribution in [3.05, 3.63) is 27.8 Å². The maximum atomic E-state index is 12.7. The second-order valence-electron chi connectivity index (χ2n) is 4.74. The van der Waals surface area contributed by atoms with Crippen LogP contribution in [0.2, 0.25) is 0 Å². The van der Waals surface area contributed by atoms with Crippen LogP contribution in [0, 0.1) is 10.1 Å². The summed E-state index contributed by atoms with van der Waals surface area (Å²) in [6.07, 6.45) is -1.96. The van der Waals surface area contributed by atoms with Crippen LogP contribution in [0.15, 0.2) is 12.1 Å². The molecule has 20 heavy (non-hydrogen) atoms. The van der Waals surface area contributed by atoms with E-state index in [4.69, 9.17) is 5.73 Å². The van der Waals surface area contributed by atoms with Gasteiger partial charge in [0.25, 0.3) is 5.69 Å². The molecule has 0 radical (unpaired) electrons. The molecular weight excluding hydrogens is 275 g/mol. The summed E-state index contributed by atoms with van der Waals surface area (Å²) in [5, 5.41) is 11.1. The van der Waals surface area contributed by atoms with E-state index in [2.05, 4.69) is 0 Å². The zero-order chi connectivity index (χ0) is 14.9. The highest BCUT2D eigenvalue weighted by molar-refractivity contribution is 5.79. The van der Waals surface area contributed by atoms with Gasteiger partial charge in [-0.2, -0.15) is 13.2 Å². The molecular formula is C12H14F3N3O2. The number of benzene rings is 1. The number of nitrogens with two attached hydrogens (primary N) is 1. The predicted molar refractivity (Wildman–Crippen MR) is 68.6 cm³/mol. The summed E-state index contributed by atoms with van der Waals surface area (Å²) < 4.78 is 38.1. The van der Waals surface area contributed by atoms with Crippen molar-refractivity contribution in [1.29, 1.82) is 0 Å². The first-order chi connectivity index (χ1) is 9.30. The van der Waals surface area contributed by atoms with Crippen LogP contribution < -0.4 is 10.6 Å². The summed E-state index contributed by atoms with van der Waals surface area (Å²) in [6.45, 7) is 1.13. The van der Waals surface area contributed by atoms with Crippen LogP contribution >= 0.6 is 0 Å². The van der Waals surface area contributed by atoms with E-state index in [1.807, 2.05) is 0 Å². The molecule has 1 aromatic carbocycles. The molecule has 0 aromatic heterocycles. The Balaban J connectivity index is 2.53. The Morgan fingerprint density at radius 1 is 1.20 bits per heavy atom. The fraction of sp³-hybridized carbons (Fsp3) is 0.500. The van der Waals surface area contributed by atoms with Gasteiger partial charge in [-0.1, -0.05) is 0 Å². The van der Waals surface area contributed by atoms with Crippen LogP contribution in [-0.4, -0.2) is 18.0 Å². The zero-order valence-electron chi connectivity index (χ0n) is 10.6. The lowest BCUT2D eigenvalue weighted by atomic mass is 10.1. The van der Waals surface area contributed by atoms with Crippen LogP contribution in [0.4, 0.5) is 30.2 Å². The molecule has 0 saturated carbocycles. The lowest BCUT2D eigenvalue weighted by molar-refractivity contribution is -0.384. The van der Waals surface area contributed by atoms with Crippen molar-refractivity contribution in [2.75, 3.05) is 23.7 Å². The van der Waals surface area contributed by atoms with Crippen molar-refractivity contribution in [2.45, 2.75) is 25.4 Å². The third-order valence-electron chi connectivity index (χ3n) is 3.32. The number of rotatable bonds is 2. The summed E-state index contributed by atoms with van der Waals surface area (Å²) in [5.41, 5.74) is 3.86. The van der Waals surface area contributed by atoms with Gasteiger partial charge in [-0.05, 0) is 25.3 Å². The number of anilines is 2. The van der Waals surface area contributed by atoms with E-state index in [1.54, 1.807) is 4.90 Å². The van der Waals surface area contributed by atoms with Gasteiger partial charge in [0.2, 0.25) is 0 Å². The van der Waals surface area contributed by atoms with E-state index in [-0.39, 0.29) is 11.4 Å². The van der Waals surface area contributed by atoms with Crippen molar-refractivity contribution in [3.63, 3.8) is 0 Å². The van der Waals surface area contributed by atoms with E-state index in [1.165, 1.54) is 0 Å². The minimum absolute atomic E-state index is 0.0997. The third-order valence-corrected chi connectivity index (χ3v) is 3.32. The lowest BCUT2D eigenvalue weighted by Crippen LogP contribution is -2.31. The molecule has 0 atom stereocenters. The topological polar surface area (TPSA) is 72.4 Å². The van der Waals surface area contributed by atoms with E-state index in [9.17, 15) is 23.3 Å². The standard InChI is InChI=1S/C12H14F3N3O2/c13-12(14,15)8-6-9(16)11(10(7-8)18(19)20)17-4-2-1-3-5-17/h6-7H,1-5,16H2. The van der Waals surface area contributed by atoms with E-state index in [0.29, 0.717) is 19.2 Å². The van der Waals surface area contributed by atoms with Crippen molar-refractivity contribution in [3.8, 4) is 0 Å². The second kappa shape index (κ2) is 5.18. The Morgan fingerprint density at radius 3 is 2.30 bits per heavy atom. The first-order valence-electron chi connectivity index (χ1n) is 6.21. The summed E-state index contributed by atoms with van der Waals surface area (Å²) in [7, 11) is 0. The highest BCUT2D eigenvalue weighted by atomic mass is 19.4. The molecule has 1 aliphatic heterocycles. The van der Waals surface area contributed by atoms with Gasteiger partial charge >= 0.3 is 6.18 Å². The summed E-state index contributed by atoms with van der Waals surface area (Å²) in [5.74, 6) is 0. The third kappa shape index (κ3) is 2.78. The number of alkyl halides is 3. The fourth-order valence-electron chi connectivity index (χ4n) is 2.41. The fourth-order valence-corrected chi connectivity index (χ4v) is 2.41. The van der Waals surface area contributed by atoms with Crippen molar-refractivity contribution in [2.24, 2.45) is 0 Å². The molecule has 1 aliphatic rings. The largest absolute Gasteiger partial charge is 0.416 e. The highest BCUT2D eigenvalue weighted by Gasteiger charge is 2.35. The Morgan fingerprint density at radius 2 is 1.80 bits per heavy atom. The van der Waals surface area contributed by atoms with Crippen LogP contribution in [0.25, 0.3) is 0 Å². The first kappa shape index (κ1) is 14.4. The molecule has 0 amide bonds. The van der Waals surface area contributed by atoms with Gasteiger partial charge in [-0.3, -0.25) is 10.1 Å². The molecule has 110 valence electrons. The van der Waals surface area contributed by atoms with Gasteiger partial charge in [0.1, 0.15) is 5.69 Å². The maximum Gasteiger partial charge on any atom is 0.416 e. The number of hydrogen-bond acceptors (Lipinski definition) is 4. The SMILES string of the molecule is Nc1cc(C(F)(F)F)cc([N+](=O)[O-])c1N1CCCCC1. The molecule has 5 nitrogen and oxygen atoms in total. The molecule has 0 spiro atoms. The minimum Gasteiger partial charge on any atom is -0.397 e. The summed E-state index contributed by atoms with van der Waals surface area (Å²) in [4.78, 5) is 11.9. The molecule has 8 heteroatoms. The van der Waals surface area contributed by atoms with Crippen molar-refractivity contribution < 1.29 is 18.1 Å². The van der Waals surface area contributed by atoms with E-state index in [0.717, 1.165) is 25.3 Å². The zero-order valence-corrected chi connectivity index (χ0v) is 10.6. The average Bonchev–Trinajstić information content (AvgIpc) is 2.37. The second-order valence-corrected chi connectivity index (χ2v) is 4.74. The van der Waals surface area contributed by atoms with E-state index < -0.39 is 22.4 Å². The van der Waals surface area contributed by atoms with Gasteiger partial charge in [0.05, 0.1) is 16.2 Å². The highest BCUT2D eigenvalue weighted by Crippen LogP contribution is 2.41. The quantitative estimate of drug-likeness (QED) is 0.515. The van der Waals surface area contributed by atoms with Crippen LogP contribution in [0.3, 0.4) is 0 Å². The van der Waals surface area contributed by atoms with E-state index >= 15 is 0 Å². The molecule has 1 fully saturated rings. The monoisotopic (exact) mass is 289 g/mol. The number of halogens is 3. The average molecular weight is 289 g/mol. The van der Waals surface area contributed by atoms with Crippen molar-refractivity contribution in [1.82, 2.24) is 0 Å². The molecule has 1 heterocycles. The lowest BCUT2D eigenvalue weighted by Gasteiger charge is -2.29. The summed E-state index contributed by atoms with van der Waals surface area (Å²) >= 11 is 0. The Hall–Kier alpha value is -1.99. The number of nitro groups is 1. The molecule has 0 aliphatic carbocycles. The number of hydrogen-bond donors (Lipinski definition) is 1. The number of nitrogens with zero attached hydrogens (tertiary/aromatic N) is 2. The predicted octanol–water partition coefficient (Wildman–Crippen LogP) is 3.19. The number of piperidine rings is 1. The van der Waals surface area contributed by atoms with Crippen LogP contribution in [-0.2, 0) is 6.18 Å². The number of nitro benzene ring substituents is 1. The van der Waals surface area contributed by atoms with Gasteiger partial charge in [-0.25, -0.2) is 0 Å². The van der Waals surface area contributed by atoms with Crippen LogP contribution in [0.1, 0.15) is 24.8 Å². The van der Waals surface area contributed by atoms with Crippen LogP contribution in [0.5, 0.6) is 0 Å². The molecule has 2 rings (SSSR count). The van der Waals surface area contributed by atoms with Gasteiger partial charge in [-0.15, -0.1) is 0 Å². The van der Waals surface area contributed by atoms with Gasteiger partial charge in [0, 0.05) is 19.2 Å². The Labute approximate surface area is 113 Å².